The fourth-order valence-corrected chi connectivity index (χ4v) is 4.02. The number of nitriles is 1. The number of pyridine rings is 1. The molecule has 5 heteroatoms. The van der Waals surface area contributed by atoms with Gasteiger partial charge in [-0.2, -0.15) is 5.26 Å². The summed E-state index contributed by atoms with van der Waals surface area (Å²) in [7, 11) is 0. The summed E-state index contributed by atoms with van der Waals surface area (Å²) in [5.74, 6) is 3.55. The van der Waals surface area contributed by atoms with Crippen LogP contribution >= 0.6 is 11.8 Å². The molecule has 0 spiro atoms. The Morgan fingerprint density at radius 2 is 2.30 bits per heavy atom. The molecule has 0 saturated carbocycles. The maximum absolute atomic E-state index is 9.69. The first-order valence-corrected chi connectivity index (χ1v) is 8.91. The van der Waals surface area contributed by atoms with Gasteiger partial charge in [0, 0.05) is 24.4 Å². The van der Waals surface area contributed by atoms with Crippen LogP contribution < -0.4 is 5.32 Å². The number of hydrogen-bond donors (Lipinski definition) is 1. The van der Waals surface area contributed by atoms with Crippen molar-refractivity contribution in [2.45, 2.75) is 49.8 Å². The first-order valence-electron chi connectivity index (χ1n) is 7.92. The second-order valence-electron chi connectivity index (χ2n) is 6.65. The summed E-state index contributed by atoms with van der Waals surface area (Å²) in [4.78, 5) is 4.85. The van der Waals surface area contributed by atoms with Crippen LogP contribution in [0.25, 0.3) is 0 Å². The van der Waals surface area contributed by atoms with Gasteiger partial charge >= 0.3 is 0 Å². The Morgan fingerprint density at radius 3 is 2.96 bits per heavy atom. The normalized spacial score (nSPS) is 22.2. The van der Waals surface area contributed by atoms with E-state index in [1.807, 2.05) is 0 Å². The van der Waals surface area contributed by atoms with Crippen LogP contribution in [0, 0.1) is 23.7 Å². The second-order valence-corrected chi connectivity index (χ2v) is 7.62. The fourth-order valence-electron chi connectivity index (χ4n) is 3.32. The van der Waals surface area contributed by atoms with Gasteiger partial charge in [-0.1, -0.05) is 17.7 Å². The van der Waals surface area contributed by atoms with Crippen LogP contribution in [0.5, 0.6) is 0 Å². The molecule has 1 aromatic heterocycles. The van der Waals surface area contributed by atoms with Gasteiger partial charge in [-0.25, -0.2) is 4.98 Å². The van der Waals surface area contributed by atoms with E-state index in [2.05, 4.69) is 31.2 Å². The zero-order valence-electron chi connectivity index (χ0n) is 13.6. The van der Waals surface area contributed by atoms with Crippen LogP contribution in [0.4, 0.5) is 0 Å². The molecular weight excluding hydrogens is 306 g/mol. The van der Waals surface area contributed by atoms with E-state index < -0.39 is 0 Å². The van der Waals surface area contributed by atoms with Crippen molar-refractivity contribution in [2.75, 3.05) is 18.8 Å². The van der Waals surface area contributed by atoms with Crippen molar-refractivity contribution in [3.05, 3.63) is 22.4 Å². The quantitative estimate of drug-likeness (QED) is 0.683. The highest BCUT2D eigenvalue weighted by atomic mass is 32.2. The van der Waals surface area contributed by atoms with E-state index in [1.165, 1.54) is 11.8 Å². The molecule has 1 N–H and O–H groups in total. The standard InChI is InChI=1S/C18H21N3OS/c1-4-7-23-17-14(9-19)13-8-18(2,3)22-11-15(13)16(21-17)12-5-6-20-10-12/h1,12,20H,5-8,10-11H2,2-3H3. The van der Waals surface area contributed by atoms with E-state index in [0.717, 1.165) is 47.8 Å². The Morgan fingerprint density at radius 1 is 1.48 bits per heavy atom. The SMILES string of the molecule is C#CCSc1nc(C2CCNC2)c2c(c1C#N)CC(C)(C)OC2. The van der Waals surface area contributed by atoms with Crippen molar-refractivity contribution < 1.29 is 4.74 Å². The number of thioether (sulfide) groups is 1. The molecule has 4 nitrogen and oxygen atoms in total. The highest BCUT2D eigenvalue weighted by Crippen LogP contribution is 2.38. The van der Waals surface area contributed by atoms with Crippen LogP contribution in [0.3, 0.4) is 0 Å². The zero-order chi connectivity index (χ0) is 16.4. The molecule has 3 rings (SSSR count). The highest BCUT2D eigenvalue weighted by Gasteiger charge is 2.34. The number of hydrogen-bond acceptors (Lipinski definition) is 5. The maximum atomic E-state index is 9.69. The Labute approximate surface area is 142 Å². The van der Waals surface area contributed by atoms with Crippen molar-refractivity contribution in [1.82, 2.24) is 10.3 Å². The first kappa shape index (κ1) is 16.3. The van der Waals surface area contributed by atoms with Crippen LogP contribution in [0.1, 0.15) is 48.6 Å². The Balaban J connectivity index is 2.13. The van der Waals surface area contributed by atoms with Gasteiger partial charge < -0.3 is 10.1 Å². The smallest absolute Gasteiger partial charge is 0.115 e. The van der Waals surface area contributed by atoms with Crippen molar-refractivity contribution in [1.29, 1.82) is 5.26 Å². The summed E-state index contributed by atoms with van der Waals surface area (Å²) in [6, 6.07) is 2.37. The number of rotatable bonds is 3. The molecule has 120 valence electrons. The summed E-state index contributed by atoms with van der Waals surface area (Å²) in [5.41, 5.74) is 3.77. The van der Waals surface area contributed by atoms with E-state index in [0.29, 0.717) is 23.8 Å². The predicted molar refractivity (Wildman–Crippen MR) is 91.3 cm³/mol. The third-order valence-electron chi connectivity index (χ3n) is 4.47. The Bertz CT molecular complexity index is 694. The molecule has 2 aliphatic rings. The molecule has 2 aliphatic heterocycles. The minimum absolute atomic E-state index is 0.251. The zero-order valence-corrected chi connectivity index (χ0v) is 14.4. The lowest BCUT2D eigenvalue weighted by Gasteiger charge is -2.34. The largest absolute Gasteiger partial charge is 0.370 e. The summed E-state index contributed by atoms with van der Waals surface area (Å²) >= 11 is 1.49. The summed E-state index contributed by atoms with van der Waals surface area (Å²) < 4.78 is 6.00. The second kappa shape index (κ2) is 6.53. The molecule has 3 heterocycles. The molecule has 0 bridgehead atoms. The Kier molecular flexibility index (Phi) is 4.64. The molecule has 1 saturated heterocycles. The summed E-state index contributed by atoms with van der Waals surface area (Å²) in [5, 5.41) is 13.9. The van der Waals surface area contributed by atoms with Gasteiger partial charge in [0.2, 0.25) is 0 Å². The van der Waals surface area contributed by atoms with Crippen molar-refractivity contribution in [2.24, 2.45) is 0 Å². The average Bonchev–Trinajstić information content (AvgIpc) is 3.05. The van der Waals surface area contributed by atoms with E-state index in [1.54, 1.807) is 0 Å². The number of nitrogens with one attached hydrogen (secondary N) is 1. The maximum Gasteiger partial charge on any atom is 0.115 e. The number of aromatic nitrogens is 1. The van der Waals surface area contributed by atoms with Crippen LogP contribution in [0.2, 0.25) is 0 Å². The third kappa shape index (κ3) is 3.23. The highest BCUT2D eigenvalue weighted by molar-refractivity contribution is 7.99. The first-order chi connectivity index (χ1) is 11.1. The average molecular weight is 327 g/mol. The number of ether oxygens (including phenoxy) is 1. The molecule has 0 aromatic carbocycles. The van der Waals surface area contributed by atoms with Gasteiger partial charge in [0.25, 0.3) is 0 Å². The monoisotopic (exact) mass is 327 g/mol. The number of nitrogens with zero attached hydrogens (tertiary/aromatic N) is 2. The van der Waals surface area contributed by atoms with Crippen LogP contribution in [0.15, 0.2) is 5.03 Å². The summed E-state index contributed by atoms with van der Waals surface area (Å²) in [6.45, 7) is 6.63. The molecular formula is C18H21N3OS. The number of fused-ring (bicyclic) bond motifs is 1. The molecule has 1 atom stereocenters. The number of terminal acetylenes is 1. The van der Waals surface area contributed by atoms with E-state index in [-0.39, 0.29) is 5.60 Å². The van der Waals surface area contributed by atoms with E-state index in [9.17, 15) is 5.26 Å². The molecule has 0 radical (unpaired) electrons. The Hall–Kier alpha value is -1.53. The molecule has 0 amide bonds. The topological polar surface area (TPSA) is 57.9 Å². The molecule has 0 aliphatic carbocycles. The lowest BCUT2D eigenvalue weighted by atomic mass is 9.86. The lowest BCUT2D eigenvalue weighted by Crippen LogP contribution is -2.34. The molecule has 1 aromatic rings. The minimum Gasteiger partial charge on any atom is -0.370 e. The molecule has 23 heavy (non-hydrogen) atoms. The third-order valence-corrected chi connectivity index (χ3v) is 5.35. The van der Waals surface area contributed by atoms with Gasteiger partial charge in [0.1, 0.15) is 11.1 Å². The minimum atomic E-state index is -0.251. The van der Waals surface area contributed by atoms with Crippen molar-refractivity contribution >= 4 is 11.8 Å². The summed E-state index contributed by atoms with van der Waals surface area (Å²) in [6.07, 6.45) is 7.22. The van der Waals surface area contributed by atoms with Gasteiger partial charge in [-0.15, -0.1) is 6.42 Å². The van der Waals surface area contributed by atoms with Crippen LogP contribution in [-0.4, -0.2) is 29.4 Å². The van der Waals surface area contributed by atoms with Crippen LogP contribution in [-0.2, 0) is 17.8 Å². The van der Waals surface area contributed by atoms with E-state index in [4.69, 9.17) is 16.1 Å². The van der Waals surface area contributed by atoms with Gasteiger partial charge in [0.05, 0.1) is 29.2 Å². The van der Waals surface area contributed by atoms with Gasteiger partial charge in [0.15, 0.2) is 0 Å². The van der Waals surface area contributed by atoms with Crippen molar-refractivity contribution in [3.8, 4) is 18.4 Å². The predicted octanol–water partition coefficient (Wildman–Crippen LogP) is 2.61. The van der Waals surface area contributed by atoms with Gasteiger partial charge in [-0.3, -0.25) is 0 Å². The van der Waals surface area contributed by atoms with Gasteiger partial charge in [-0.05, 0) is 32.4 Å². The fraction of sp³-hybridized carbons (Fsp3) is 0.556. The van der Waals surface area contributed by atoms with E-state index >= 15 is 0 Å². The molecule has 1 unspecified atom stereocenters. The van der Waals surface area contributed by atoms with Crippen molar-refractivity contribution in [3.63, 3.8) is 0 Å². The lowest BCUT2D eigenvalue weighted by molar-refractivity contribution is -0.0409. The molecule has 1 fully saturated rings.